The Morgan fingerprint density at radius 3 is 2.56 bits per heavy atom. The van der Waals surface area contributed by atoms with Crippen LogP contribution in [0.5, 0.6) is 0 Å². The number of aryl methyl sites for hydroxylation is 2. The third-order valence-electron chi connectivity index (χ3n) is 4.91. The highest BCUT2D eigenvalue weighted by Crippen LogP contribution is 2.22. The Hall–Kier alpha value is -3.86. The highest BCUT2D eigenvalue weighted by molar-refractivity contribution is 7.71. The lowest BCUT2D eigenvalue weighted by atomic mass is 10.1. The Balaban J connectivity index is 1.68. The number of nitro benzene ring substituents is 1. The van der Waals surface area contributed by atoms with Crippen LogP contribution in [0.4, 0.5) is 11.4 Å². The van der Waals surface area contributed by atoms with Gasteiger partial charge in [0.25, 0.3) is 11.6 Å². The van der Waals surface area contributed by atoms with E-state index in [0.717, 1.165) is 5.56 Å². The van der Waals surface area contributed by atoms with Gasteiger partial charge in [0.05, 0.1) is 11.5 Å². The molecule has 0 fully saturated rings. The lowest BCUT2D eigenvalue weighted by molar-refractivity contribution is -0.385. The molecule has 3 rings (SSSR count). The van der Waals surface area contributed by atoms with Gasteiger partial charge in [-0.25, -0.2) is 4.68 Å². The van der Waals surface area contributed by atoms with Crippen LogP contribution in [0.3, 0.4) is 0 Å². The molecule has 0 unspecified atom stereocenters. The van der Waals surface area contributed by atoms with Crippen LogP contribution in [0.1, 0.15) is 27.3 Å². The topological polar surface area (TPSA) is 124 Å². The number of carbonyl (C=O) groups excluding carboxylic acids is 2. The second-order valence-electron chi connectivity index (χ2n) is 7.22. The first-order chi connectivity index (χ1) is 15.2. The molecule has 0 atom stereocenters. The van der Waals surface area contributed by atoms with Crippen molar-refractivity contribution in [3.8, 4) is 0 Å². The van der Waals surface area contributed by atoms with E-state index >= 15 is 0 Å². The van der Waals surface area contributed by atoms with Crippen LogP contribution in [0.25, 0.3) is 0 Å². The van der Waals surface area contributed by atoms with Gasteiger partial charge in [0.2, 0.25) is 5.91 Å². The van der Waals surface area contributed by atoms with E-state index in [-0.39, 0.29) is 24.7 Å². The minimum Gasteiger partial charge on any atom is -0.345 e. The second kappa shape index (κ2) is 9.52. The zero-order chi connectivity index (χ0) is 23.4. The number of benzene rings is 2. The molecule has 0 aliphatic rings. The van der Waals surface area contributed by atoms with Gasteiger partial charge in [-0.3, -0.25) is 19.7 Å². The molecule has 0 aliphatic carbocycles. The molecule has 2 aromatic carbocycles. The van der Waals surface area contributed by atoms with Crippen molar-refractivity contribution >= 4 is 35.4 Å². The van der Waals surface area contributed by atoms with Gasteiger partial charge in [0, 0.05) is 29.9 Å². The van der Waals surface area contributed by atoms with Gasteiger partial charge in [-0.05, 0) is 43.8 Å². The first-order valence-corrected chi connectivity index (χ1v) is 10.1. The van der Waals surface area contributed by atoms with Gasteiger partial charge < -0.3 is 15.2 Å². The number of hydrogen-bond donors (Lipinski definition) is 2. The minimum absolute atomic E-state index is 0.0797. The van der Waals surface area contributed by atoms with Crippen molar-refractivity contribution in [1.29, 1.82) is 0 Å². The van der Waals surface area contributed by atoms with Crippen LogP contribution in [-0.4, -0.2) is 31.1 Å². The summed E-state index contributed by atoms with van der Waals surface area (Å²) in [7, 11) is 1.70. The van der Waals surface area contributed by atoms with Crippen LogP contribution in [0.15, 0.2) is 42.5 Å². The van der Waals surface area contributed by atoms with Gasteiger partial charge >= 0.3 is 0 Å². The molecule has 0 saturated heterocycles. The van der Waals surface area contributed by atoms with Crippen molar-refractivity contribution in [3.05, 3.63) is 79.9 Å². The summed E-state index contributed by atoms with van der Waals surface area (Å²) >= 11 is 5.34. The molecule has 0 radical (unpaired) electrons. The van der Waals surface area contributed by atoms with Crippen molar-refractivity contribution in [2.24, 2.45) is 7.05 Å². The van der Waals surface area contributed by atoms with Gasteiger partial charge in [-0.2, -0.15) is 5.10 Å². The number of nitrogens with one attached hydrogen (secondary N) is 2. The molecule has 0 aliphatic heterocycles. The van der Waals surface area contributed by atoms with Gasteiger partial charge in [-0.1, -0.05) is 24.3 Å². The van der Waals surface area contributed by atoms with Gasteiger partial charge in [0.15, 0.2) is 10.6 Å². The molecular formula is C21H22N6O4S. The van der Waals surface area contributed by atoms with Crippen molar-refractivity contribution < 1.29 is 14.5 Å². The molecule has 0 bridgehead atoms. The average Bonchev–Trinajstić information content (AvgIpc) is 3.01. The molecule has 3 aromatic rings. The zero-order valence-electron chi connectivity index (χ0n) is 17.8. The second-order valence-corrected chi connectivity index (χ2v) is 7.58. The lowest BCUT2D eigenvalue weighted by Gasteiger charge is -2.07. The van der Waals surface area contributed by atoms with E-state index in [1.165, 1.54) is 10.7 Å². The fourth-order valence-corrected chi connectivity index (χ4v) is 3.30. The van der Waals surface area contributed by atoms with Gasteiger partial charge in [0.1, 0.15) is 6.54 Å². The number of rotatable bonds is 7. The smallest absolute Gasteiger partial charge is 0.274 e. The summed E-state index contributed by atoms with van der Waals surface area (Å²) in [6.45, 7) is 3.43. The van der Waals surface area contributed by atoms with E-state index in [1.54, 1.807) is 42.8 Å². The van der Waals surface area contributed by atoms with E-state index in [2.05, 4.69) is 15.7 Å². The van der Waals surface area contributed by atoms with Crippen LogP contribution in [0.2, 0.25) is 0 Å². The number of anilines is 1. The van der Waals surface area contributed by atoms with Crippen molar-refractivity contribution in [2.45, 2.75) is 26.9 Å². The Kier molecular flexibility index (Phi) is 6.79. The molecule has 0 saturated carbocycles. The molecule has 2 amide bonds. The van der Waals surface area contributed by atoms with Crippen molar-refractivity contribution in [3.63, 3.8) is 0 Å². The first kappa shape index (κ1) is 22.8. The van der Waals surface area contributed by atoms with E-state index in [9.17, 15) is 19.7 Å². The number of hydrogen-bond acceptors (Lipinski definition) is 6. The SMILES string of the molecule is Cc1ccccc1C(=O)NCc1nn(CC(=O)Nc2ccc(C)c([N+](=O)[O-])c2)c(=S)n1C. The van der Waals surface area contributed by atoms with Crippen molar-refractivity contribution in [1.82, 2.24) is 19.7 Å². The number of nitro groups is 1. The number of amides is 2. The van der Waals surface area contributed by atoms with Crippen LogP contribution in [-0.2, 0) is 24.9 Å². The number of nitrogens with zero attached hydrogens (tertiary/aromatic N) is 4. The van der Waals surface area contributed by atoms with Gasteiger partial charge in [-0.15, -0.1) is 0 Å². The van der Waals surface area contributed by atoms with Crippen LogP contribution < -0.4 is 10.6 Å². The highest BCUT2D eigenvalue weighted by Gasteiger charge is 2.15. The number of carbonyl (C=O) groups is 2. The van der Waals surface area contributed by atoms with E-state index in [0.29, 0.717) is 27.4 Å². The maximum atomic E-state index is 12.4. The largest absolute Gasteiger partial charge is 0.345 e. The molecule has 2 N–H and O–H groups in total. The fraction of sp³-hybridized carbons (Fsp3) is 0.238. The lowest BCUT2D eigenvalue weighted by Crippen LogP contribution is -2.25. The van der Waals surface area contributed by atoms with Crippen LogP contribution in [0, 0.1) is 28.7 Å². The summed E-state index contributed by atoms with van der Waals surface area (Å²) in [5.41, 5.74) is 2.15. The maximum absolute atomic E-state index is 12.4. The molecule has 11 heteroatoms. The zero-order valence-corrected chi connectivity index (χ0v) is 18.6. The summed E-state index contributed by atoms with van der Waals surface area (Å²) < 4.78 is 3.25. The van der Waals surface area contributed by atoms with E-state index < -0.39 is 10.8 Å². The highest BCUT2D eigenvalue weighted by atomic mass is 32.1. The summed E-state index contributed by atoms with van der Waals surface area (Å²) in [6.07, 6.45) is 0. The molecule has 1 aromatic heterocycles. The van der Waals surface area contributed by atoms with E-state index in [1.807, 2.05) is 19.1 Å². The quantitative estimate of drug-likeness (QED) is 0.321. The van der Waals surface area contributed by atoms with E-state index in [4.69, 9.17) is 12.2 Å². The predicted molar refractivity (Wildman–Crippen MR) is 121 cm³/mol. The molecule has 10 nitrogen and oxygen atoms in total. The van der Waals surface area contributed by atoms with Crippen molar-refractivity contribution in [2.75, 3.05) is 5.32 Å². The first-order valence-electron chi connectivity index (χ1n) is 9.69. The molecule has 166 valence electrons. The third-order valence-corrected chi connectivity index (χ3v) is 5.40. The molecular weight excluding hydrogens is 432 g/mol. The third kappa shape index (κ3) is 5.06. The average molecular weight is 455 g/mol. The fourth-order valence-electron chi connectivity index (χ4n) is 3.09. The summed E-state index contributed by atoms with van der Waals surface area (Å²) in [5.74, 6) is -0.189. The minimum atomic E-state index is -0.503. The molecule has 32 heavy (non-hydrogen) atoms. The molecule has 0 spiro atoms. The molecule has 1 heterocycles. The Morgan fingerprint density at radius 1 is 1.16 bits per heavy atom. The monoisotopic (exact) mass is 454 g/mol. The maximum Gasteiger partial charge on any atom is 0.274 e. The standard InChI is InChI=1S/C21H22N6O4S/c1-13-6-4-5-7-16(13)20(29)22-11-18-24-26(21(32)25(18)3)12-19(28)23-15-9-8-14(2)17(10-15)27(30)31/h4-10H,11-12H2,1-3H3,(H,22,29)(H,23,28). The summed E-state index contributed by atoms with van der Waals surface area (Å²) in [5, 5.41) is 20.8. The Morgan fingerprint density at radius 2 is 1.88 bits per heavy atom. The van der Waals surface area contributed by atoms with Crippen LogP contribution >= 0.6 is 12.2 Å². The summed E-state index contributed by atoms with van der Waals surface area (Å²) in [6, 6.07) is 11.7. The normalized spacial score (nSPS) is 10.6. The predicted octanol–water partition coefficient (Wildman–Crippen LogP) is 3.04. The Labute approximate surface area is 189 Å². The summed E-state index contributed by atoms with van der Waals surface area (Å²) in [4.78, 5) is 35.5. The Bertz CT molecular complexity index is 1260. The number of aromatic nitrogens is 3.